The SMILES string of the molecule is C.C=CCc1cc(C)cc(C(=O)O)c1O. The van der Waals surface area contributed by atoms with Crippen LogP contribution < -0.4 is 0 Å². The molecule has 1 rings (SSSR count). The predicted molar refractivity (Wildman–Crippen MR) is 60.4 cm³/mol. The second-order valence-electron chi connectivity index (χ2n) is 3.12. The zero-order valence-electron chi connectivity index (χ0n) is 7.95. The summed E-state index contributed by atoms with van der Waals surface area (Å²) < 4.78 is 0. The topological polar surface area (TPSA) is 57.5 Å². The maximum Gasteiger partial charge on any atom is 0.339 e. The number of benzene rings is 1. The molecule has 0 unspecified atom stereocenters. The third-order valence-corrected chi connectivity index (χ3v) is 1.93. The summed E-state index contributed by atoms with van der Waals surface area (Å²) in [4.78, 5) is 10.7. The van der Waals surface area contributed by atoms with Gasteiger partial charge in [0.2, 0.25) is 0 Å². The van der Waals surface area contributed by atoms with Crippen LogP contribution in [-0.2, 0) is 6.42 Å². The van der Waals surface area contributed by atoms with Gasteiger partial charge in [0.25, 0.3) is 0 Å². The molecule has 0 aliphatic heterocycles. The number of carbonyl (C=O) groups is 1. The summed E-state index contributed by atoms with van der Waals surface area (Å²) in [6.07, 6.45) is 2.09. The van der Waals surface area contributed by atoms with Gasteiger partial charge >= 0.3 is 5.97 Å². The molecule has 0 heterocycles. The van der Waals surface area contributed by atoms with E-state index in [9.17, 15) is 9.90 Å². The number of aromatic hydroxyl groups is 1. The highest BCUT2D eigenvalue weighted by Crippen LogP contribution is 2.25. The molecule has 3 nitrogen and oxygen atoms in total. The Bertz CT molecular complexity index is 381. The van der Waals surface area contributed by atoms with Crippen LogP contribution in [-0.4, -0.2) is 16.2 Å². The van der Waals surface area contributed by atoms with Gasteiger partial charge in [-0.3, -0.25) is 0 Å². The molecule has 0 saturated carbocycles. The number of aryl methyl sites for hydroxylation is 1. The zero-order chi connectivity index (χ0) is 10.7. The molecule has 1 aromatic rings. The van der Waals surface area contributed by atoms with E-state index in [0.717, 1.165) is 5.56 Å². The van der Waals surface area contributed by atoms with Gasteiger partial charge in [0.1, 0.15) is 11.3 Å². The minimum absolute atomic E-state index is 0. The summed E-state index contributed by atoms with van der Waals surface area (Å²) in [6.45, 7) is 5.33. The monoisotopic (exact) mass is 208 g/mol. The van der Waals surface area contributed by atoms with E-state index in [1.807, 2.05) is 0 Å². The second-order valence-corrected chi connectivity index (χ2v) is 3.12. The van der Waals surface area contributed by atoms with Crippen LogP contribution in [0.5, 0.6) is 5.75 Å². The maximum absolute atomic E-state index is 10.7. The van der Waals surface area contributed by atoms with Crippen molar-refractivity contribution in [2.75, 3.05) is 0 Å². The van der Waals surface area contributed by atoms with Crippen LogP contribution in [0.2, 0.25) is 0 Å². The molecule has 82 valence electrons. The molecule has 0 aliphatic rings. The van der Waals surface area contributed by atoms with Gasteiger partial charge < -0.3 is 10.2 Å². The van der Waals surface area contributed by atoms with Crippen LogP contribution in [0.1, 0.15) is 28.9 Å². The first-order valence-electron chi connectivity index (χ1n) is 4.23. The van der Waals surface area contributed by atoms with E-state index in [4.69, 9.17) is 5.11 Å². The quantitative estimate of drug-likeness (QED) is 0.751. The molecule has 0 aromatic heterocycles. The Balaban J connectivity index is 0.00000196. The Hall–Kier alpha value is -1.77. The third kappa shape index (κ3) is 2.84. The summed E-state index contributed by atoms with van der Waals surface area (Å²) in [6, 6.07) is 3.20. The van der Waals surface area contributed by atoms with Crippen molar-refractivity contribution < 1.29 is 15.0 Å². The molecule has 0 bridgehead atoms. The fourth-order valence-electron chi connectivity index (χ4n) is 1.33. The first kappa shape index (κ1) is 13.2. The highest BCUT2D eigenvalue weighted by Gasteiger charge is 2.13. The van der Waals surface area contributed by atoms with Crippen LogP contribution >= 0.6 is 0 Å². The zero-order valence-corrected chi connectivity index (χ0v) is 7.95. The molecule has 0 amide bonds. The van der Waals surface area contributed by atoms with Gasteiger partial charge in [-0.1, -0.05) is 19.6 Å². The largest absolute Gasteiger partial charge is 0.507 e. The minimum Gasteiger partial charge on any atom is -0.507 e. The van der Waals surface area contributed by atoms with Gasteiger partial charge in [0.15, 0.2) is 0 Å². The summed E-state index contributed by atoms with van der Waals surface area (Å²) in [5, 5.41) is 18.4. The van der Waals surface area contributed by atoms with Crippen LogP contribution in [0.25, 0.3) is 0 Å². The minimum atomic E-state index is -1.11. The first-order valence-corrected chi connectivity index (χ1v) is 4.23. The average Bonchev–Trinajstić information content (AvgIpc) is 2.10. The lowest BCUT2D eigenvalue weighted by Gasteiger charge is -2.06. The smallest absolute Gasteiger partial charge is 0.339 e. The van der Waals surface area contributed by atoms with E-state index in [1.54, 1.807) is 19.1 Å². The van der Waals surface area contributed by atoms with Gasteiger partial charge in [-0.05, 0) is 30.5 Å². The van der Waals surface area contributed by atoms with Gasteiger partial charge in [0.05, 0.1) is 0 Å². The van der Waals surface area contributed by atoms with Crippen molar-refractivity contribution in [3.63, 3.8) is 0 Å². The number of aromatic carboxylic acids is 1. The van der Waals surface area contributed by atoms with E-state index >= 15 is 0 Å². The molecule has 0 aliphatic carbocycles. The van der Waals surface area contributed by atoms with E-state index in [0.29, 0.717) is 12.0 Å². The van der Waals surface area contributed by atoms with Crippen LogP contribution in [0.3, 0.4) is 0 Å². The lowest BCUT2D eigenvalue weighted by molar-refractivity contribution is 0.0693. The lowest BCUT2D eigenvalue weighted by Crippen LogP contribution is -2.00. The predicted octanol–water partition coefficient (Wildman–Crippen LogP) is 2.76. The summed E-state index contributed by atoms with van der Waals surface area (Å²) in [5.74, 6) is -1.28. The molecule has 3 heteroatoms. The number of hydrogen-bond donors (Lipinski definition) is 2. The summed E-state index contributed by atoms with van der Waals surface area (Å²) in [5.41, 5.74) is 1.36. The van der Waals surface area contributed by atoms with E-state index in [1.165, 1.54) is 6.07 Å². The Morgan fingerprint density at radius 1 is 1.53 bits per heavy atom. The van der Waals surface area contributed by atoms with Crippen LogP contribution in [0.4, 0.5) is 0 Å². The average molecular weight is 208 g/mol. The van der Waals surface area contributed by atoms with Crippen LogP contribution in [0.15, 0.2) is 24.8 Å². The van der Waals surface area contributed by atoms with Crippen molar-refractivity contribution in [3.8, 4) is 5.75 Å². The van der Waals surface area contributed by atoms with Crippen molar-refractivity contribution in [3.05, 3.63) is 41.5 Å². The fraction of sp³-hybridized carbons (Fsp3) is 0.250. The van der Waals surface area contributed by atoms with Gasteiger partial charge in [-0.15, -0.1) is 6.58 Å². The number of allylic oxidation sites excluding steroid dienone is 1. The number of carboxylic acid groups (broad SMARTS) is 1. The Kier molecular flexibility index (Phi) is 4.58. The number of phenols is 1. The molecule has 0 saturated heterocycles. The lowest BCUT2D eigenvalue weighted by atomic mass is 10.0. The molecule has 15 heavy (non-hydrogen) atoms. The van der Waals surface area contributed by atoms with E-state index in [-0.39, 0.29) is 18.7 Å². The van der Waals surface area contributed by atoms with Crippen molar-refractivity contribution in [2.45, 2.75) is 20.8 Å². The van der Waals surface area contributed by atoms with Gasteiger partial charge in [-0.25, -0.2) is 4.79 Å². The molecule has 0 atom stereocenters. The number of hydrogen-bond acceptors (Lipinski definition) is 2. The summed E-state index contributed by atoms with van der Waals surface area (Å²) >= 11 is 0. The Morgan fingerprint density at radius 3 is 2.60 bits per heavy atom. The molecule has 0 fully saturated rings. The second kappa shape index (κ2) is 5.20. The molecule has 0 spiro atoms. The highest BCUT2D eigenvalue weighted by molar-refractivity contribution is 5.91. The van der Waals surface area contributed by atoms with Gasteiger partial charge in [0, 0.05) is 0 Å². The van der Waals surface area contributed by atoms with Crippen molar-refractivity contribution >= 4 is 5.97 Å². The Labute approximate surface area is 89.7 Å². The van der Waals surface area contributed by atoms with Crippen molar-refractivity contribution in [1.82, 2.24) is 0 Å². The molecular formula is C12H16O3. The third-order valence-electron chi connectivity index (χ3n) is 1.93. The maximum atomic E-state index is 10.7. The summed E-state index contributed by atoms with van der Waals surface area (Å²) in [7, 11) is 0. The first-order chi connectivity index (χ1) is 6.56. The van der Waals surface area contributed by atoms with Crippen molar-refractivity contribution in [1.29, 1.82) is 0 Å². The molecule has 2 N–H and O–H groups in total. The Morgan fingerprint density at radius 2 is 2.13 bits per heavy atom. The number of rotatable bonds is 3. The highest BCUT2D eigenvalue weighted by atomic mass is 16.4. The molecule has 0 radical (unpaired) electrons. The molecule has 1 aromatic carbocycles. The normalized spacial score (nSPS) is 9.13. The van der Waals surface area contributed by atoms with Crippen molar-refractivity contribution in [2.24, 2.45) is 0 Å². The number of carboxylic acids is 1. The van der Waals surface area contributed by atoms with Crippen LogP contribution in [0, 0.1) is 6.92 Å². The molecular weight excluding hydrogens is 192 g/mol. The standard InChI is InChI=1S/C11H12O3.CH4/c1-3-4-8-5-7(2)6-9(10(8)12)11(13)14;/h3,5-6,12H,1,4H2,2H3,(H,13,14);1H4. The fourth-order valence-corrected chi connectivity index (χ4v) is 1.33. The van der Waals surface area contributed by atoms with E-state index < -0.39 is 5.97 Å². The van der Waals surface area contributed by atoms with E-state index in [2.05, 4.69) is 6.58 Å². The van der Waals surface area contributed by atoms with Gasteiger partial charge in [-0.2, -0.15) is 0 Å².